The molecular weight excluding hydrogens is 311 g/mol. The van der Waals surface area contributed by atoms with E-state index < -0.39 is 15.8 Å². The van der Waals surface area contributed by atoms with Crippen LogP contribution in [0, 0.1) is 5.82 Å². The van der Waals surface area contributed by atoms with Gasteiger partial charge in [0, 0.05) is 26.2 Å². The number of piperazine rings is 1. The number of benzene rings is 1. The van der Waals surface area contributed by atoms with Crippen molar-refractivity contribution in [2.75, 3.05) is 39.0 Å². The van der Waals surface area contributed by atoms with Crippen LogP contribution in [0.2, 0.25) is 0 Å². The average Bonchev–Trinajstić information content (AvgIpc) is 2.54. The van der Waals surface area contributed by atoms with Crippen molar-refractivity contribution in [2.45, 2.75) is 6.92 Å². The van der Waals surface area contributed by atoms with E-state index in [-0.39, 0.29) is 43.4 Å². The number of carbonyl (C=O) groups excluding carboxylic acids is 1. The van der Waals surface area contributed by atoms with Crippen molar-refractivity contribution in [2.24, 2.45) is 0 Å². The number of amides is 1. The molecule has 1 heterocycles. The molecule has 0 aliphatic carbocycles. The van der Waals surface area contributed by atoms with Crippen molar-refractivity contribution >= 4 is 15.9 Å². The summed E-state index contributed by atoms with van der Waals surface area (Å²) < 4.78 is 43.4. The van der Waals surface area contributed by atoms with Crippen LogP contribution in [0.3, 0.4) is 0 Å². The molecule has 1 aliphatic heterocycles. The minimum atomic E-state index is -3.24. The summed E-state index contributed by atoms with van der Waals surface area (Å²) in [4.78, 5) is 14.0. The Hall–Kier alpha value is -1.67. The van der Waals surface area contributed by atoms with Gasteiger partial charge in [0.2, 0.25) is 10.0 Å². The third-order valence-corrected chi connectivity index (χ3v) is 5.56. The molecule has 8 heteroatoms. The number of sulfonamides is 1. The molecule has 0 radical (unpaired) electrons. The SMILES string of the molecule is CCS(=O)(=O)N1CCN(C(=O)c2cc(F)ccc2OC)CC1. The van der Waals surface area contributed by atoms with Crippen LogP contribution >= 0.6 is 0 Å². The van der Waals surface area contributed by atoms with E-state index in [1.54, 1.807) is 6.92 Å². The molecule has 6 nitrogen and oxygen atoms in total. The Morgan fingerprint density at radius 1 is 1.27 bits per heavy atom. The number of nitrogens with zero attached hydrogens (tertiary/aromatic N) is 2. The summed E-state index contributed by atoms with van der Waals surface area (Å²) in [6, 6.07) is 3.76. The van der Waals surface area contributed by atoms with Crippen LogP contribution in [0.4, 0.5) is 4.39 Å². The third kappa shape index (κ3) is 3.38. The lowest BCUT2D eigenvalue weighted by molar-refractivity contribution is 0.0694. The van der Waals surface area contributed by atoms with Gasteiger partial charge in [-0.2, -0.15) is 4.31 Å². The molecule has 22 heavy (non-hydrogen) atoms. The second-order valence-corrected chi connectivity index (χ2v) is 7.19. The molecule has 1 amide bonds. The fourth-order valence-electron chi connectivity index (χ4n) is 2.37. The van der Waals surface area contributed by atoms with Crippen LogP contribution in [0.1, 0.15) is 17.3 Å². The molecule has 2 rings (SSSR count). The maximum absolute atomic E-state index is 13.4. The summed E-state index contributed by atoms with van der Waals surface area (Å²) >= 11 is 0. The number of rotatable bonds is 4. The van der Waals surface area contributed by atoms with Crippen LogP contribution in [0.5, 0.6) is 5.75 Å². The first-order valence-electron chi connectivity index (χ1n) is 6.99. The molecule has 1 saturated heterocycles. The van der Waals surface area contributed by atoms with E-state index in [4.69, 9.17) is 4.74 Å². The van der Waals surface area contributed by atoms with Crippen LogP contribution in [0.25, 0.3) is 0 Å². The van der Waals surface area contributed by atoms with Crippen molar-refractivity contribution in [3.8, 4) is 5.75 Å². The van der Waals surface area contributed by atoms with Gasteiger partial charge in [-0.25, -0.2) is 12.8 Å². The third-order valence-electron chi connectivity index (χ3n) is 3.68. The first kappa shape index (κ1) is 16.7. The zero-order chi connectivity index (χ0) is 16.3. The van der Waals surface area contributed by atoms with Gasteiger partial charge >= 0.3 is 0 Å². The Kier molecular flexibility index (Phi) is 5.02. The summed E-state index contributed by atoms with van der Waals surface area (Å²) in [6.45, 7) is 2.64. The van der Waals surface area contributed by atoms with Gasteiger partial charge in [-0.1, -0.05) is 0 Å². The molecule has 0 unspecified atom stereocenters. The standard InChI is InChI=1S/C14H19FN2O4S/c1-3-22(19,20)17-8-6-16(7-9-17)14(18)12-10-11(15)4-5-13(12)21-2/h4-5,10H,3,6-9H2,1-2H3. The fraction of sp³-hybridized carbons (Fsp3) is 0.500. The van der Waals surface area contributed by atoms with Crippen molar-refractivity contribution < 1.29 is 22.3 Å². The van der Waals surface area contributed by atoms with Gasteiger partial charge in [-0.05, 0) is 25.1 Å². The molecule has 1 aromatic rings. The Morgan fingerprint density at radius 3 is 2.45 bits per heavy atom. The largest absolute Gasteiger partial charge is 0.496 e. The van der Waals surface area contributed by atoms with Crippen LogP contribution in [-0.4, -0.2) is 62.6 Å². The van der Waals surface area contributed by atoms with Gasteiger partial charge < -0.3 is 9.64 Å². The molecule has 0 atom stereocenters. The Balaban J connectivity index is 2.12. The fourth-order valence-corrected chi connectivity index (χ4v) is 3.45. The number of carbonyl (C=O) groups is 1. The Labute approximate surface area is 129 Å². The topological polar surface area (TPSA) is 66.9 Å². The maximum atomic E-state index is 13.4. The zero-order valence-electron chi connectivity index (χ0n) is 12.6. The summed E-state index contributed by atoms with van der Waals surface area (Å²) in [5.74, 6) is -0.533. The van der Waals surface area contributed by atoms with E-state index in [0.29, 0.717) is 5.75 Å². The monoisotopic (exact) mass is 330 g/mol. The van der Waals surface area contributed by atoms with Crippen LogP contribution in [-0.2, 0) is 10.0 Å². The lowest BCUT2D eigenvalue weighted by Gasteiger charge is -2.34. The predicted molar refractivity (Wildman–Crippen MR) is 79.9 cm³/mol. The minimum absolute atomic E-state index is 0.0403. The van der Waals surface area contributed by atoms with Gasteiger partial charge in [-0.3, -0.25) is 4.79 Å². The highest BCUT2D eigenvalue weighted by Gasteiger charge is 2.29. The normalized spacial score (nSPS) is 16.6. The summed E-state index contributed by atoms with van der Waals surface area (Å²) in [6.07, 6.45) is 0. The highest BCUT2D eigenvalue weighted by Crippen LogP contribution is 2.22. The van der Waals surface area contributed by atoms with E-state index in [2.05, 4.69) is 0 Å². The molecule has 0 saturated carbocycles. The first-order valence-corrected chi connectivity index (χ1v) is 8.60. The van der Waals surface area contributed by atoms with E-state index in [0.717, 1.165) is 6.07 Å². The zero-order valence-corrected chi connectivity index (χ0v) is 13.4. The Morgan fingerprint density at radius 2 is 1.91 bits per heavy atom. The lowest BCUT2D eigenvalue weighted by Crippen LogP contribution is -2.50. The number of methoxy groups -OCH3 is 1. The average molecular weight is 330 g/mol. The molecule has 1 aromatic carbocycles. The smallest absolute Gasteiger partial charge is 0.257 e. The van der Waals surface area contributed by atoms with Crippen molar-refractivity contribution in [1.82, 2.24) is 9.21 Å². The van der Waals surface area contributed by atoms with E-state index in [1.165, 1.54) is 28.4 Å². The van der Waals surface area contributed by atoms with Gasteiger partial charge in [0.15, 0.2) is 0 Å². The number of hydrogen-bond acceptors (Lipinski definition) is 4. The number of ether oxygens (including phenoxy) is 1. The summed E-state index contributed by atoms with van der Waals surface area (Å²) in [5, 5.41) is 0. The minimum Gasteiger partial charge on any atom is -0.496 e. The number of hydrogen-bond donors (Lipinski definition) is 0. The van der Waals surface area contributed by atoms with Gasteiger partial charge in [0.05, 0.1) is 18.4 Å². The molecule has 0 N–H and O–H groups in total. The van der Waals surface area contributed by atoms with Gasteiger partial charge in [-0.15, -0.1) is 0 Å². The highest BCUT2D eigenvalue weighted by molar-refractivity contribution is 7.89. The Bertz CT molecular complexity index is 655. The molecule has 0 spiro atoms. The van der Waals surface area contributed by atoms with Crippen LogP contribution < -0.4 is 4.74 Å². The number of halogens is 1. The molecule has 1 aliphatic rings. The van der Waals surface area contributed by atoms with Crippen molar-refractivity contribution in [3.63, 3.8) is 0 Å². The van der Waals surface area contributed by atoms with E-state index in [9.17, 15) is 17.6 Å². The molecule has 122 valence electrons. The van der Waals surface area contributed by atoms with Gasteiger partial charge in [0.25, 0.3) is 5.91 Å². The molecule has 1 fully saturated rings. The molecule has 0 aromatic heterocycles. The quantitative estimate of drug-likeness (QED) is 0.824. The highest BCUT2D eigenvalue weighted by atomic mass is 32.2. The predicted octanol–water partition coefficient (Wildman–Crippen LogP) is 0.942. The van der Waals surface area contributed by atoms with Crippen LogP contribution in [0.15, 0.2) is 18.2 Å². The van der Waals surface area contributed by atoms with E-state index >= 15 is 0 Å². The maximum Gasteiger partial charge on any atom is 0.257 e. The lowest BCUT2D eigenvalue weighted by atomic mass is 10.1. The van der Waals surface area contributed by atoms with E-state index in [1.807, 2.05) is 0 Å². The first-order chi connectivity index (χ1) is 10.4. The molecular formula is C14H19FN2O4S. The van der Waals surface area contributed by atoms with Gasteiger partial charge in [0.1, 0.15) is 11.6 Å². The van der Waals surface area contributed by atoms with Crippen molar-refractivity contribution in [3.05, 3.63) is 29.6 Å². The summed E-state index contributed by atoms with van der Waals surface area (Å²) in [5.41, 5.74) is 0.147. The molecule has 0 bridgehead atoms. The second-order valence-electron chi connectivity index (χ2n) is 4.94. The second kappa shape index (κ2) is 6.62. The van der Waals surface area contributed by atoms with Crippen molar-refractivity contribution in [1.29, 1.82) is 0 Å². The summed E-state index contributed by atoms with van der Waals surface area (Å²) in [7, 11) is -1.83.